The normalized spacial score (nSPS) is 14.0. The molecule has 118 valence electrons. The topological polar surface area (TPSA) is 106 Å². The van der Waals surface area contributed by atoms with E-state index in [0.29, 0.717) is 38.1 Å². The molecule has 0 unspecified atom stereocenters. The van der Waals surface area contributed by atoms with E-state index in [1.807, 2.05) is 24.3 Å². The predicted octanol–water partition coefficient (Wildman–Crippen LogP) is -0.0512. The van der Waals surface area contributed by atoms with Gasteiger partial charge in [-0.1, -0.05) is 12.1 Å². The van der Waals surface area contributed by atoms with Crippen LogP contribution >= 0.6 is 0 Å². The molecule has 0 aliphatic carbocycles. The second-order valence-corrected chi connectivity index (χ2v) is 4.96. The first-order valence-corrected chi connectivity index (χ1v) is 7.20. The maximum Gasteiger partial charge on any atom is 0.257 e. The fourth-order valence-corrected chi connectivity index (χ4v) is 1.99. The zero-order valence-corrected chi connectivity index (χ0v) is 12.3. The Bertz CT molecular complexity index is 554. The predicted molar refractivity (Wildman–Crippen MR) is 82.5 cm³/mol. The minimum absolute atomic E-state index is 0.0297. The molecule has 1 aromatic carbocycles. The van der Waals surface area contributed by atoms with E-state index in [4.69, 9.17) is 10.5 Å². The van der Waals surface area contributed by atoms with Gasteiger partial charge < -0.3 is 15.8 Å². The van der Waals surface area contributed by atoms with E-state index in [1.165, 1.54) is 0 Å². The van der Waals surface area contributed by atoms with Gasteiger partial charge in [-0.2, -0.15) is 5.10 Å². The van der Waals surface area contributed by atoms with Crippen LogP contribution in [0.4, 0.5) is 0 Å². The molecule has 1 aromatic rings. The van der Waals surface area contributed by atoms with Crippen LogP contribution in [0.2, 0.25) is 0 Å². The van der Waals surface area contributed by atoms with Crippen molar-refractivity contribution in [3.8, 4) is 5.75 Å². The lowest BCUT2D eigenvalue weighted by atomic mass is 10.0. The van der Waals surface area contributed by atoms with Crippen LogP contribution in [-0.2, 0) is 16.0 Å². The molecule has 0 spiro atoms. The molecule has 2 rings (SSSR count). The number of rotatable bonds is 7. The van der Waals surface area contributed by atoms with E-state index < -0.39 is 0 Å². The number of nitrogens with zero attached hydrogens (tertiary/aromatic N) is 1. The summed E-state index contributed by atoms with van der Waals surface area (Å²) in [6, 6.07) is 7.47. The molecule has 0 atom stereocenters. The van der Waals surface area contributed by atoms with Gasteiger partial charge in [0.1, 0.15) is 5.75 Å². The van der Waals surface area contributed by atoms with Crippen molar-refractivity contribution in [1.82, 2.24) is 10.7 Å². The molecule has 2 amide bonds. The van der Waals surface area contributed by atoms with E-state index in [1.54, 1.807) is 0 Å². The number of nitrogens with one attached hydrogen (secondary N) is 2. The van der Waals surface area contributed by atoms with Crippen LogP contribution in [0.15, 0.2) is 29.4 Å². The fourth-order valence-electron chi connectivity index (χ4n) is 1.99. The number of amides is 2. The SMILES string of the molecule is NCCNC(=O)COc1ccc(CC2=NNC(=O)CC2)cc1. The van der Waals surface area contributed by atoms with Crippen molar-refractivity contribution in [3.05, 3.63) is 29.8 Å². The first-order chi connectivity index (χ1) is 10.7. The standard InChI is InChI=1S/C15H20N4O3/c16-7-8-17-15(21)10-22-13-4-1-11(2-5-13)9-12-3-6-14(20)19-18-12/h1-2,4-5H,3,6-10,16H2,(H,17,21)(H,19,20). The Balaban J connectivity index is 1.80. The molecule has 0 aromatic heterocycles. The summed E-state index contributed by atoms with van der Waals surface area (Å²) in [4.78, 5) is 22.4. The van der Waals surface area contributed by atoms with Crippen molar-refractivity contribution in [1.29, 1.82) is 0 Å². The van der Waals surface area contributed by atoms with Crippen molar-refractivity contribution >= 4 is 17.5 Å². The Labute approximate surface area is 128 Å². The third kappa shape index (κ3) is 5.17. The van der Waals surface area contributed by atoms with Gasteiger partial charge in [-0.25, -0.2) is 5.43 Å². The van der Waals surface area contributed by atoms with Gasteiger partial charge in [-0.3, -0.25) is 9.59 Å². The van der Waals surface area contributed by atoms with Gasteiger partial charge in [0.2, 0.25) is 5.91 Å². The highest BCUT2D eigenvalue weighted by Crippen LogP contribution is 2.14. The molecule has 1 aliphatic heterocycles. The second-order valence-electron chi connectivity index (χ2n) is 4.96. The van der Waals surface area contributed by atoms with E-state index >= 15 is 0 Å². The van der Waals surface area contributed by atoms with Crippen LogP contribution in [-0.4, -0.2) is 37.2 Å². The molecule has 7 nitrogen and oxygen atoms in total. The number of ether oxygens (including phenoxy) is 1. The summed E-state index contributed by atoms with van der Waals surface area (Å²) < 4.78 is 5.38. The van der Waals surface area contributed by atoms with Gasteiger partial charge in [0.25, 0.3) is 5.91 Å². The van der Waals surface area contributed by atoms with Crippen molar-refractivity contribution in [2.75, 3.05) is 19.7 Å². The summed E-state index contributed by atoms with van der Waals surface area (Å²) in [6.45, 7) is 0.822. The van der Waals surface area contributed by atoms with Gasteiger partial charge in [0, 0.05) is 31.6 Å². The first kappa shape index (κ1) is 16.0. The van der Waals surface area contributed by atoms with Gasteiger partial charge >= 0.3 is 0 Å². The number of nitrogens with two attached hydrogens (primary N) is 1. The maximum atomic E-state index is 11.4. The highest BCUT2D eigenvalue weighted by Gasteiger charge is 2.11. The smallest absolute Gasteiger partial charge is 0.257 e. The van der Waals surface area contributed by atoms with Gasteiger partial charge in [-0.15, -0.1) is 0 Å². The molecule has 7 heteroatoms. The molecule has 0 saturated carbocycles. The number of hydrazone groups is 1. The van der Waals surface area contributed by atoms with Crippen molar-refractivity contribution in [3.63, 3.8) is 0 Å². The second kappa shape index (κ2) is 8.14. The summed E-state index contributed by atoms with van der Waals surface area (Å²) in [5.41, 5.74) is 9.81. The maximum absolute atomic E-state index is 11.4. The average molecular weight is 304 g/mol. The van der Waals surface area contributed by atoms with Crippen molar-refractivity contribution < 1.29 is 14.3 Å². The molecule has 22 heavy (non-hydrogen) atoms. The number of hydrogen-bond acceptors (Lipinski definition) is 5. The lowest BCUT2D eigenvalue weighted by Gasteiger charge is -2.12. The van der Waals surface area contributed by atoms with Crippen molar-refractivity contribution in [2.24, 2.45) is 10.8 Å². The van der Waals surface area contributed by atoms with Gasteiger partial charge in [0.15, 0.2) is 6.61 Å². The van der Waals surface area contributed by atoms with Crippen LogP contribution in [0.25, 0.3) is 0 Å². The minimum Gasteiger partial charge on any atom is -0.484 e. The van der Waals surface area contributed by atoms with E-state index in [0.717, 1.165) is 11.3 Å². The van der Waals surface area contributed by atoms with E-state index in [-0.39, 0.29) is 18.4 Å². The zero-order valence-electron chi connectivity index (χ0n) is 12.3. The third-order valence-corrected chi connectivity index (χ3v) is 3.15. The first-order valence-electron chi connectivity index (χ1n) is 7.20. The van der Waals surface area contributed by atoms with Gasteiger partial charge in [-0.05, 0) is 24.1 Å². The van der Waals surface area contributed by atoms with Crippen LogP contribution in [0.3, 0.4) is 0 Å². The number of hydrogen-bond donors (Lipinski definition) is 3. The van der Waals surface area contributed by atoms with E-state index in [9.17, 15) is 9.59 Å². The third-order valence-electron chi connectivity index (χ3n) is 3.15. The Hall–Kier alpha value is -2.41. The Morgan fingerprint density at radius 2 is 2.09 bits per heavy atom. The average Bonchev–Trinajstić information content (AvgIpc) is 2.54. The lowest BCUT2D eigenvalue weighted by Crippen LogP contribution is -2.32. The molecular weight excluding hydrogens is 284 g/mol. The van der Waals surface area contributed by atoms with Crippen LogP contribution in [0, 0.1) is 0 Å². The van der Waals surface area contributed by atoms with Crippen LogP contribution in [0.1, 0.15) is 18.4 Å². The molecule has 1 aliphatic rings. The summed E-state index contributed by atoms with van der Waals surface area (Å²) in [5, 5.41) is 6.67. The Morgan fingerprint density at radius 3 is 2.73 bits per heavy atom. The number of carbonyl (C=O) groups is 2. The Morgan fingerprint density at radius 1 is 1.32 bits per heavy atom. The highest BCUT2D eigenvalue weighted by atomic mass is 16.5. The molecule has 1 heterocycles. The molecule has 0 bridgehead atoms. The van der Waals surface area contributed by atoms with Crippen molar-refractivity contribution in [2.45, 2.75) is 19.3 Å². The van der Waals surface area contributed by atoms with Crippen LogP contribution in [0.5, 0.6) is 5.75 Å². The minimum atomic E-state index is -0.193. The molecule has 0 radical (unpaired) electrons. The largest absolute Gasteiger partial charge is 0.484 e. The van der Waals surface area contributed by atoms with Crippen LogP contribution < -0.4 is 21.2 Å². The lowest BCUT2D eigenvalue weighted by molar-refractivity contribution is -0.123. The molecule has 0 fully saturated rings. The monoisotopic (exact) mass is 304 g/mol. The zero-order chi connectivity index (χ0) is 15.8. The fraction of sp³-hybridized carbons (Fsp3) is 0.400. The summed E-state index contributed by atoms with van der Waals surface area (Å²) in [7, 11) is 0. The van der Waals surface area contributed by atoms with Gasteiger partial charge in [0.05, 0.1) is 0 Å². The summed E-state index contributed by atoms with van der Waals surface area (Å²) in [5.74, 6) is 0.396. The molecular formula is C15H20N4O3. The number of carbonyl (C=O) groups excluding carboxylic acids is 2. The van der Waals surface area contributed by atoms with E-state index in [2.05, 4.69) is 15.8 Å². The molecule has 0 saturated heterocycles. The quantitative estimate of drug-likeness (QED) is 0.656. The molecule has 4 N–H and O–H groups in total. The highest BCUT2D eigenvalue weighted by molar-refractivity contribution is 5.93. The number of benzene rings is 1. The summed E-state index contributed by atoms with van der Waals surface area (Å²) >= 11 is 0. The summed E-state index contributed by atoms with van der Waals surface area (Å²) in [6.07, 6.45) is 1.86. The Kier molecular flexibility index (Phi) is 5.91.